The predicted octanol–water partition coefficient (Wildman–Crippen LogP) is 7.99. The van der Waals surface area contributed by atoms with Crippen LogP contribution in [-0.2, 0) is 0 Å². The highest BCUT2D eigenvalue weighted by atomic mass is 16.3. The lowest BCUT2D eigenvalue weighted by atomic mass is 10.1. The van der Waals surface area contributed by atoms with Crippen molar-refractivity contribution in [3.63, 3.8) is 0 Å². The zero-order chi connectivity index (χ0) is 20.2. The van der Waals surface area contributed by atoms with E-state index in [1.807, 2.05) is 86.6 Å². The normalized spacial score (nSPS) is 11.7. The fourth-order valence-corrected chi connectivity index (χ4v) is 3.07. The summed E-state index contributed by atoms with van der Waals surface area (Å²) in [6, 6.07) is 24.7. The maximum absolute atomic E-state index is 10.3. The molecule has 0 radical (unpaired) electrons. The summed E-state index contributed by atoms with van der Waals surface area (Å²) < 4.78 is 0. The third kappa shape index (κ3) is 3.89. The fourth-order valence-electron chi connectivity index (χ4n) is 3.07. The molecule has 0 aliphatic carbocycles. The average molecular weight is 380 g/mol. The molecule has 0 atom stereocenters. The van der Waals surface area contributed by atoms with Crippen LogP contribution in [0.1, 0.15) is 11.1 Å². The van der Waals surface area contributed by atoms with E-state index in [-0.39, 0.29) is 5.75 Å². The third-order valence-electron chi connectivity index (χ3n) is 4.90. The first-order chi connectivity index (χ1) is 14.1. The Morgan fingerprint density at radius 1 is 0.586 bits per heavy atom. The lowest BCUT2D eigenvalue weighted by molar-refractivity contribution is 0.477. The second-order valence-corrected chi connectivity index (χ2v) is 6.74. The Kier molecular flexibility index (Phi) is 5.12. The van der Waals surface area contributed by atoms with E-state index >= 15 is 0 Å². The van der Waals surface area contributed by atoms with Gasteiger partial charge < -0.3 is 5.11 Å². The van der Waals surface area contributed by atoms with E-state index in [9.17, 15) is 5.11 Å². The van der Waals surface area contributed by atoms with Crippen LogP contribution >= 0.6 is 0 Å². The minimum absolute atomic E-state index is 0.107. The standard InChI is InChI=1S/C24H20N4O/c1-16-17(2)22(14-13-21(16)26-25-19-9-4-3-5-10-19)27-28-24-20-11-7-6-8-18(20)12-15-23(24)29/h3-15,29H,1-2H3. The molecule has 0 aromatic heterocycles. The van der Waals surface area contributed by atoms with Gasteiger partial charge in [0.15, 0.2) is 0 Å². The van der Waals surface area contributed by atoms with Crippen LogP contribution in [0.25, 0.3) is 10.8 Å². The summed E-state index contributed by atoms with van der Waals surface area (Å²) >= 11 is 0. The van der Waals surface area contributed by atoms with Gasteiger partial charge in [-0.1, -0.05) is 48.5 Å². The second kappa shape index (κ2) is 8.02. The van der Waals surface area contributed by atoms with Crippen molar-refractivity contribution in [2.45, 2.75) is 13.8 Å². The third-order valence-corrected chi connectivity index (χ3v) is 4.90. The molecule has 142 valence electrons. The molecule has 0 saturated heterocycles. The molecule has 4 rings (SSSR count). The van der Waals surface area contributed by atoms with Gasteiger partial charge in [-0.25, -0.2) is 0 Å². The van der Waals surface area contributed by atoms with E-state index in [2.05, 4.69) is 20.5 Å². The number of hydrogen-bond donors (Lipinski definition) is 1. The summed E-state index contributed by atoms with van der Waals surface area (Å²) in [4.78, 5) is 0. The molecule has 5 nitrogen and oxygen atoms in total. The molecule has 0 amide bonds. The molecule has 0 bridgehead atoms. The molecule has 4 aromatic carbocycles. The predicted molar refractivity (Wildman–Crippen MR) is 116 cm³/mol. The molecule has 0 fully saturated rings. The number of azo groups is 2. The van der Waals surface area contributed by atoms with Crippen LogP contribution in [0.3, 0.4) is 0 Å². The number of benzene rings is 4. The summed E-state index contributed by atoms with van der Waals surface area (Å²) in [6.07, 6.45) is 0. The van der Waals surface area contributed by atoms with Gasteiger partial charge in [0.1, 0.15) is 11.4 Å². The zero-order valence-electron chi connectivity index (χ0n) is 16.2. The van der Waals surface area contributed by atoms with E-state index in [1.165, 1.54) is 0 Å². The number of rotatable bonds is 4. The van der Waals surface area contributed by atoms with Crippen molar-refractivity contribution in [1.29, 1.82) is 0 Å². The van der Waals surface area contributed by atoms with Crippen LogP contribution in [0.5, 0.6) is 5.75 Å². The van der Waals surface area contributed by atoms with Crippen molar-refractivity contribution in [1.82, 2.24) is 0 Å². The van der Waals surface area contributed by atoms with Crippen LogP contribution in [0.15, 0.2) is 99.3 Å². The van der Waals surface area contributed by atoms with Crippen molar-refractivity contribution in [2.24, 2.45) is 20.5 Å². The lowest BCUT2D eigenvalue weighted by Gasteiger charge is -2.07. The Morgan fingerprint density at radius 3 is 1.93 bits per heavy atom. The number of fused-ring (bicyclic) bond motifs is 1. The summed E-state index contributed by atoms with van der Waals surface area (Å²) in [5.74, 6) is 0.107. The van der Waals surface area contributed by atoms with Gasteiger partial charge in [-0.05, 0) is 60.7 Å². The summed E-state index contributed by atoms with van der Waals surface area (Å²) in [5.41, 5.74) is 4.75. The molecular formula is C24H20N4O. The Hall–Kier alpha value is -3.86. The van der Waals surface area contributed by atoms with Crippen LogP contribution in [0.2, 0.25) is 0 Å². The van der Waals surface area contributed by atoms with Crippen molar-refractivity contribution < 1.29 is 5.11 Å². The first kappa shape index (κ1) is 18.5. The van der Waals surface area contributed by atoms with Crippen LogP contribution in [-0.4, -0.2) is 5.11 Å². The molecule has 0 spiro atoms. The summed E-state index contributed by atoms with van der Waals surface area (Å²) in [7, 11) is 0. The number of aromatic hydroxyl groups is 1. The van der Waals surface area contributed by atoms with Crippen molar-refractivity contribution in [2.75, 3.05) is 0 Å². The number of phenols is 1. The van der Waals surface area contributed by atoms with Crippen LogP contribution < -0.4 is 0 Å². The monoisotopic (exact) mass is 380 g/mol. The summed E-state index contributed by atoms with van der Waals surface area (Å²) in [5, 5.41) is 29.5. The lowest BCUT2D eigenvalue weighted by Crippen LogP contribution is -1.82. The molecule has 0 saturated carbocycles. The molecule has 5 heteroatoms. The molecule has 0 aliphatic heterocycles. The molecule has 4 aromatic rings. The van der Waals surface area contributed by atoms with Gasteiger partial charge >= 0.3 is 0 Å². The smallest absolute Gasteiger partial charge is 0.143 e. The van der Waals surface area contributed by atoms with E-state index in [1.54, 1.807) is 6.07 Å². The Bertz CT molecular complexity index is 1230. The van der Waals surface area contributed by atoms with Crippen molar-refractivity contribution in [3.8, 4) is 5.75 Å². The van der Waals surface area contributed by atoms with Gasteiger partial charge in [0.2, 0.25) is 0 Å². The average Bonchev–Trinajstić information content (AvgIpc) is 2.76. The number of hydrogen-bond acceptors (Lipinski definition) is 5. The highest BCUT2D eigenvalue weighted by molar-refractivity contribution is 5.95. The SMILES string of the molecule is Cc1c(N=Nc2ccccc2)ccc(N=Nc2c(O)ccc3ccccc23)c1C. The van der Waals surface area contributed by atoms with Gasteiger partial charge in [0, 0.05) is 5.39 Å². The van der Waals surface area contributed by atoms with E-state index in [0.717, 1.165) is 39.0 Å². The maximum Gasteiger partial charge on any atom is 0.143 e. The van der Waals surface area contributed by atoms with E-state index in [4.69, 9.17) is 0 Å². The zero-order valence-corrected chi connectivity index (χ0v) is 16.2. The Balaban J connectivity index is 1.66. The molecule has 0 unspecified atom stereocenters. The highest BCUT2D eigenvalue weighted by Gasteiger charge is 2.08. The van der Waals surface area contributed by atoms with E-state index < -0.39 is 0 Å². The van der Waals surface area contributed by atoms with Gasteiger partial charge in [-0.3, -0.25) is 0 Å². The van der Waals surface area contributed by atoms with Gasteiger partial charge in [-0.15, -0.1) is 5.11 Å². The first-order valence-corrected chi connectivity index (χ1v) is 9.33. The highest BCUT2D eigenvalue weighted by Crippen LogP contribution is 2.37. The fraction of sp³-hybridized carbons (Fsp3) is 0.0833. The quantitative estimate of drug-likeness (QED) is 0.358. The molecule has 0 heterocycles. The minimum Gasteiger partial charge on any atom is -0.506 e. The second-order valence-electron chi connectivity index (χ2n) is 6.74. The van der Waals surface area contributed by atoms with Crippen molar-refractivity contribution in [3.05, 3.63) is 90.0 Å². The molecule has 1 N–H and O–H groups in total. The number of phenolic OH excluding ortho intramolecular Hbond substituents is 1. The van der Waals surface area contributed by atoms with Crippen LogP contribution in [0, 0.1) is 13.8 Å². The largest absolute Gasteiger partial charge is 0.506 e. The van der Waals surface area contributed by atoms with Gasteiger partial charge in [0.25, 0.3) is 0 Å². The minimum atomic E-state index is 0.107. The summed E-state index contributed by atoms with van der Waals surface area (Å²) in [6.45, 7) is 3.97. The van der Waals surface area contributed by atoms with E-state index in [0.29, 0.717) is 5.69 Å². The molecule has 29 heavy (non-hydrogen) atoms. The molecular weight excluding hydrogens is 360 g/mol. The topological polar surface area (TPSA) is 69.7 Å². The Morgan fingerprint density at radius 2 is 1.21 bits per heavy atom. The van der Waals surface area contributed by atoms with Crippen molar-refractivity contribution >= 4 is 33.5 Å². The number of nitrogens with zero attached hydrogens (tertiary/aromatic N) is 4. The maximum atomic E-state index is 10.3. The first-order valence-electron chi connectivity index (χ1n) is 9.33. The van der Waals surface area contributed by atoms with Crippen LogP contribution in [0.4, 0.5) is 22.7 Å². The van der Waals surface area contributed by atoms with Gasteiger partial charge in [0.05, 0.1) is 17.1 Å². The molecule has 0 aliphatic rings. The Labute approximate surface area is 169 Å². The van der Waals surface area contributed by atoms with Gasteiger partial charge in [-0.2, -0.15) is 15.3 Å².